The number of thiocarbonyl (C=S) groups is 1. The van der Waals surface area contributed by atoms with Gasteiger partial charge in [-0.15, -0.1) is 0 Å². The fraction of sp³-hybridized carbons (Fsp3) is 0.889. The Morgan fingerprint density at radius 3 is 1.95 bits per heavy atom. The maximum absolute atomic E-state index is 4.03. The maximum Gasteiger partial charge on any atom is 0.00672 e. The van der Waals surface area contributed by atoms with Crippen LogP contribution in [0, 0.1) is 11.3 Å². The lowest BCUT2D eigenvalue weighted by Gasteiger charge is -2.37. The first-order chi connectivity index (χ1) is 9.45. The fourth-order valence-electron chi connectivity index (χ4n) is 2.65. The monoisotopic (exact) mass is 299 g/mol. The van der Waals surface area contributed by atoms with Crippen molar-refractivity contribution in [1.82, 2.24) is 5.32 Å². The smallest absolute Gasteiger partial charge is 0.00672 e. The Balaban J connectivity index is 0. The second kappa shape index (κ2) is 13.8. The van der Waals surface area contributed by atoms with E-state index in [9.17, 15) is 0 Å². The van der Waals surface area contributed by atoms with Gasteiger partial charge in [-0.25, -0.2) is 0 Å². The zero-order chi connectivity index (χ0) is 16.0. The van der Waals surface area contributed by atoms with Crippen LogP contribution in [-0.2, 0) is 0 Å². The second-order valence-electron chi connectivity index (χ2n) is 6.37. The molecule has 0 atom stereocenters. The third-order valence-corrected chi connectivity index (χ3v) is 3.92. The van der Waals surface area contributed by atoms with Crippen LogP contribution in [0.1, 0.15) is 80.1 Å². The van der Waals surface area contributed by atoms with Crippen LogP contribution in [0.5, 0.6) is 0 Å². The van der Waals surface area contributed by atoms with Crippen LogP contribution in [0.15, 0.2) is 6.58 Å². The molecule has 0 saturated heterocycles. The van der Waals surface area contributed by atoms with E-state index >= 15 is 0 Å². The first-order valence-electron chi connectivity index (χ1n) is 8.33. The molecule has 120 valence electrons. The molecule has 1 saturated carbocycles. The molecule has 1 nitrogen and oxygen atoms in total. The van der Waals surface area contributed by atoms with Gasteiger partial charge in [0.1, 0.15) is 0 Å². The Hall–Kier alpha value is -0.170. The second-order valence-corrected chi connectivity index (χ2v) is 6.66. The molecule has 1 aliphatic rings. The Bertz CT molecular complexity index is 228. The van der Waals surface area contributed by atoms with Gasteiger partial charge in [-0.05, 0) is 68.8 Å². The molecule has 0 bridgehead atoms. The van der Waals surface area contributed by atoms with Crippen LogP contribution in [0.4, 0.5) is 0 Å². The zero-order valence-electron chi connectivity index (χ0n) is 14.7. The van der Waals surface area contributed by atoms with Crippen molar-refractivity contribution in [2.24, 2.45) is 11.3 Å². The molecular formula is C18H37NS. The summed E-state index contributed by atoms with van der Waals surface area (Å²) < 4.78 is 0. The van der Waals surface area contributed by atoms with Crippen LogP contribution in [0.25, 0.3) is 0 Å². The van der Waals surface area contributed by atoms with Crippen molar-refractivity contribution < 1.29 is 0 Å². The van der Waals surface area contributed by atoms with Crippen LogP contribution in [0.3, 0.4) is 0 Å². The minimum atomic E-state index is 0.522. The van der Waals surface area contributed by atoms with Crippen LogP contribution < -0.4 is 5.32 Å². The van der Waals surface area contributed by atoms with E-state index in [1.165, 1.54) is 45.1 Å². The molecular weight excluding hydrogens is 262 g/mol. The van der Waals surface area contributed by atoms with E-state index < -0.39 is 0 Å². The summed E-state index contributed by atoms with van der Waals surface area (Å²) in [6, 6.07) is 0.815. The standard InChI is InChI=1S/C14H29N.C2H2S.C2H6/c1-5-6-11-15-13-9-7-12(8-10-13)14(2,3)4;1-2-3;1-2/h12-13,15H,5-11H2,1-4H3;1H2;1-2H3. The predicted octanol–water partition coefficient (Wildman–Crippen LogP) is 5.78. The molecule has 0 unspecified atom stereocenters. The summed E-state index contributed by atoms with van der Waals surface area (Å²) in [7, 11) is 0. The van der Waals surface area contributed by atoms with Crippen molar-refractivity contribution in [3.05, 3.63) is 6.58 Å². The van der Waals surface area contributed by atoms with Crippen molar-refractivity contribution in [1.29, 1.82) is 0 Å². The highest BCUT2D eigenvalue weighted by molar-refractivity contribution is 7.78. The fourth-order valence-corrected chi connectivity index (χ4v) is 2.65. The summed E-state index contributed by atoms with van der Waals surface area (Å²) in [5, 5.41) is 5.78. The Morgan fingerprint density at radius 2 is 1.60 bits per heavy atom. The molecule has 1 aliphatic carbocycles. The normalized spacial score (nSPS) is 21.7. The molecule has 0 radical (unpaired) electrons. The van der Waals surface area contributed by atoms with Crippen molar-refractivity contribution in [2.45, 2.75) is 86.1 Å². The van der Waals surface area contributed by atoms with Crippen molar-refractivity contribution in [2.75, 3.05) is 6.54 Å². The van der Waals surface area contributed by atoms with Crippen LogP contribution in [0.2, 0.25) is 0 Å². The molecule has 1 fully saturated rings. The first-order valence-corrected chi connectivity index (χ1v) is 8.74. The van der Waals surface area contributed by atoms with Crippen molar-refractivity contribution in [3.8, 4) is 0 Å². The topological polar surface area (TPSA) is 12.0 Å². The number of hydrogen-bond acceptors (Lipinski definition) is 2. The van der Waals surface area contributed by atoms with E-state index in [4.69, 9.17) is 0 Å². The summed E-state index contributed by atoms with van der Waals surface area (Å²) in [6.07, 6.45) is 8.28. The van der Waals surface area contributed by atoms with Crippen LogP contribution in [-0.4, -0.2) is 17.6 Å². The molecule has 0 amide bonds. The molecule has 1 rings (SSSR count). The molecule has 0 heterocycles. The van der Waals surface area contributed by atoms with Gasteiger partial charge in [-0.1, -0.05) is 53.0 Å². The molecule has 20 heavy (non-hydrogen) atoms. The molecule has 2 heteroatoms. The molecule has 0 aromatic carbocycles. The molecule has 0 aliphatic heterocycles. The molecule has 1 N–H and O–H groups in total. The van der Waals surface area contributed by atoms with E-state index in [1.807, 2.05) is 13.8 Å². The SMILES string of the molecule is C=C=S.CC.CCCCNC1CCC(C(C)(C)C)CC1. The van der Waals surface area contributed by atoms with Gasteiger partial charge in [-0.3, -0.25) is 0 Å². The third kappa shape index (κ3) is 11.6. The highest BCUT2D eigenvalue weighted by Gasteiger charge is 2.29. The van der Waals surface area contributed by atoms with Crippen molar-refractivity contribution >= 4 is 17.2 Å². The largest absolute Gasteiger partial charge is 0.314 e. The number of rotatable bonds is 4. The lowest BCUT2D eigenvalue weighted by Crippen LogP contribution is -2.36. The lowest BCUT2D eigenvalue weighted by molar-refractivity contribution is 0.160. The average Bonchev–Trinajstić information content (AvgIpc) is 2.42. The van der Waals surface area contributed by atoms with Gasteiger partial charge in [0.05, 0.1) is 0 Å². The lowest BCUT2D eigenvalue weighted by atomic mass is 9.71. The van der Waals surface area contributed by atoms with E-state index in [1.54, 1.807) is 0 Å². The summed E-state index contributed by atoms with van der Waals surface area (Å²) in [6.45, 7) is 17.7. The summed E-state index contributed by atoms with van der Waals surface area (Å²) in [4.78, 5) is 0. The van der Waals surface area contributed by atoms with E-state index in [2.05, 4.69) is 56.8 Å². The summed E-state index contributed by atoms with van der Waals surface area (Å²) in [5.41, 5.74) is 0.522. The zero-order valence-corrected chi connectivity index (χ0v) is 15.5. The van der Waals surface area contributed by atoms with Gasteiger partial charge in [0.15, 0.2) is 0 Å². The highest BCUT2D eigenvalue weighted by Crippen LogP contribution is 2.37. The van der Waals surface area contributed by atoms with Crippen LogP contribution >= 0.6 is 12.2 Å². The quantitative estimate of drug-likeness (QED) is 0.522. The molecule has 0 aromatic heterocycles. The number of hydrogen-bond donors (Lipinski definition) is 1. The van der Waals surface area contributed by atoms with E-state index in [0.29, 0.717) is 5.41 Å². The van der Waals surface area contributed by atoms with Gasteiger partial charge in [0, 0.05) is 6.04 Å². The van der Waals surface area contributed by atoms with E-state index in [-0.39, 0.29) is 0 Å². The Labute approximate surface area is 133 Å². The van der Waals surface area contributed by atoms with Gasteiger partial charge in [0.2, 0.25) is 0 Å². The number of unbranched alkanes of at least 4 members (excludes halogenated alkanes) is 1. The maximum atomic E-state index is 4.03. The summed E-state index contributed by atoms with van der Waals surface area (Å²) >= 11 is 4.03. The number of nitrogens with one attached hydrogen (secondary N) is 1. The third-order valence-electron chi connectivity index (χ3n) is 3.92. The first kappa shape index (κ1) is 22.1. The predicted molar refractivity (Wildman–Crippen MR) is 97.7 cm³/mol. The Kier molecular flexibility index (Phi) is 15.3. The minimum Gasteiger partial charge on any atom is -0.314 e. The molecule has 0 aromatic rings. The summed E-state index contributed by atoms with van der Waals surface area (Å²) in [5.74, 6) is 0.946. The minimum absolute atomic E-state index is 0.522. The highest BCUT2D eigenvalue weighted by atomic mass is 32.1. The Morgan fingerprint density at radius 1 is 1.15 bits per heavy atom. The van der Waals surface area contributed by atoms with Gasteiger partial charge < -0.3 is 5.32 Å². The van der Waals surface area contributed by atoms with E-state index in [0.717, 1.165) is 12.0 Å². The average molecular weight is 300 g/mol. The van der Waals surface area contributed by atoms with Gasteiger partial charge in [-0.2, -0.15) is 0 Å². The van der Waals surface area contributed by atoms with Gasteiger partial charge >= 0.3 is 0 Å². The molecule has 0 spiro atoms. The van der Waals surface area contributed by atoms with Gasteiger partial charge in [0.25, 0.3) is 0 Å². The van der Waals surface area contributed by atoms with Crippen molar-refractivity contribution in [3.63, 3.8) is 0 Å².